The number of nitrogens with one attached hydrogen (secondary N) is 1. The van der Waals surface area contributed by atoms with E-state index in [2.05, 4.69) is 42.3 Å². The molecule has 0 bridgehead atoms. The second kappa shape index (κ2) is 9.62. The lowest BCUT2D eigenvalue weighted by atomic mass is 9.93. The predicted molar refractivity (Wildman–Crippen MR) is 121 cm³/mol. The number of rotatable bonds is 6. The first-order chi connectivity index (χ1) is 15.8. The fraction of sp³-hybridized carbons (Fsp3) is 0.478. The molecule has 1 aromatic carbocycles. The molecule has 9 heteroatoms. The van der Waals surface area contributed by atoms with E-state index >= 15 is 0 Å². The molecule has 3 aromatic rings. The van der Waals surface area contributed by atoms with Crippen molar-refractivity contribution in [2.24, 2.45) is 0 Å². The fourth-order valence-corrected chi connectivity index (χ4v) is 4.35. The topological polar surface area (TPSA) is 106 Å². The van der Waals surface area contributed by atoms with Gasteiger partial charge in [-0.25, -0.2) is 9.97 Å². The van der Waals surface area contributed by atoms with Crippen LogP contribution in [0.1, 0.15) is 31.4 Å². The van der Waals surface area contributed by atoms with Crippen LogP contribution in [0.4, 0.5) is 11.5 Å². The summed E-state index contributed by atoms with van der Waals surface area (Å²) in [7, 11) is 0. The molecule has 0 amide bonds. The van der Waals surface area contributed by atoms with Crippen molar-refractivity contribution in [3.8, 4) is 5.75 Å². The van der Waals surface area contributed by atoms with Crippen LogP contribution in [0.3, 0.4) is 0 Å². The molecule has 2 fully saturated rings. The molecule has 0 spiro atoms. The standard InChI is InChI=1S/C23H28N6O3/c30-15-17-13-27-22(14-26-17)28-16-1-3-19(4-2-16)32-21-12-18(29-7-9-31-10-8-29)11-20-23(21)25-6-5-24-20/h5-6,11-14,16,19,30H,1-4,7-10,15H2,(H,27,28). The Hall–Kier alpha value is -3.04. The summed E-state index contributed by atoms with van der Waals surface area (Å²) in [6, 6.07) is 4.52. The average Bonchev–Trinajstić information content (AvgIpc) is 2.86. The van der Waals surface area contributed by atoms with E-state index in [-0.39, 0.29) is 12.7 Å². The Bertz CT molecular complexity index is 1030. The van der Waals surface area contributed by atoms with Crippen LogP contribution in [0.25, 0.3) is 11.0 Å². The maximum absolute atomic E-state index is 9.10. The number of aliphatic hydroxyl groups is 1. The minimum absolute atomic E-state index is 0.0957. The molecule has 1 aliphatic carbocycles. The summed E-state index contributed by atoms with van der Waals surface area (Å²) < 4.78 is 12.0. The number of hydrogen-bond donors (Lipinski definition) is 2. The van der Waals surface area contributed by atoms with Crippen LogP contribution < -0.4 is 15.0 Å². The van der Waals surface area contributed by atoms with E-state index in [9.17, 15) is 0 Å². The third kappa shape index (κ3) is 4.73. The van der Waals surface area contributed by atoms with Gasteiger partial charge in [0.25, 0.3) is 0 Å². The molecule has 2 aromatic heterocycles. The lowest BCUT2D eigenvalue weighted by molar-refractivity contribution is 0.122. The highest BCUT2D eigenvalue weighted by Gasteiger charge is 2.24. The number of aromatic nitrogens is 4. The number of aliphatic hydroxyl groups excluding tert-OH is 1. The molecule has 1 aliphatic heterocycles. The van der Waals surface area contributed by atoms with E-state index in [1.54, 1.807) is 24.8 Å². The van der Waals surface area contributed by atoms with E-state index in [0.29, 0.717) is 11.7 Å². The third-order valence-corrected chi connectivity index (χ3v) is 6.09. The average molecular weight is 437 g/mol. The van der Waals surface area contributed by atoms with Gasteiger partial charge in [0.05, 0.1) is 49.5 Å². The molecular weight excluding hydrogens is 408 g/mol. The van der Waals surface area contributed by atoms with Crippen LogP contribution in [0, 0.1) is 0 Å². The molecule has 168 valence electrons. The number of anilines is 2. The van der Waals surface area contributed by atoms with Crippen molar-refractivity contribution < 1.29 is 14.6 Å². The Kier molecular flexibility index (Phi) is 6.27. The highest BCUT2D eigenvalue weighted by molar-refractivity contribution is 5.85. The van der Waals surface area contributed by atoms with Crippen LogP contribution in [0.5, 0.6) is 5.75 Å². The van der Waals surface area contributed by atoms with Gasteiger partial charge in [-0.3, -0.25) is 9.97 Å². The summed E-state index contributed by atoms with van der Waals surface area (Å²) >= 11 is 0. The van der Waals surface area contributed by atoms with Crippen LogP contribution in [0.2, 0.25) is 0 Å². The van der Waals surface area contributed by atoms with Gasteiger partial charge in [0.1, 0.15) is 17.1 Å². The smallest absolute Gasteiger partial charge is 0.149 e. The van der Waals surface area contributed by atoms with Crippen molar-refractivity contribution >= 4 is 22.5 Å². The van der Waals surface area contributed by atoms with Crippen molar-refractivity contribution in [1.29, 1.82) is 0 Å². The number of hydrogen-bond acceptors (Lipinski definition) is 9. The number of benzene rings is 1. The molecule has 1 saturated carbocycles. The summed E-state index contributed by atoms with van der Waals surface area (Å²) in [5.74, 6) is 1.55. The quantitative estimate of drug-likeness (QED) is 0.603. The largest absolute Gasteiger partial charge is 0.488 e. The highest BCUT2D eigenvalue weighted by Crippen LogP contribution is 2.33. The Morgan fingerprint density at radius 2 is 1.81 bits per heavy atom. The lowest BCUT2D eigenvalue weighted by Crippen LogP contribution is -2.36. The minimum atomic E-state index is -0.0957. The van der Waals surface area contributed by atoms with E-state index in [1.807, 2.05) is 0 Å². The van der Waals surface area contributed by atoms with Crippen molar-refractivity contribution in [2.75, 3.05) is 36.5 Å². The van der Waals surface area contributed by atoms with Crippen molar-refractivity contribution in [2.45, 2.75) is 44.4 Å². The Morgan fingerprint density at radius 3 is 2.56 bits per heavy atom. The van der Waals surface area contributed by atoms with Crippen LogP contribution in [0.15, 0.2) is 36.9 Å². The van der Waals surface area contributed by atoms with Crippen molar-refractivity contribution in [1.82, 2.24) is 19.9 Å². The first-order valence-electron chi connectivity index (χ1n) is 11.2. The normalized spacial score (nSPS) is 21.5. The summed E-state index contributed by atoms with van der Waals surface area (Å²) in [6.45, 7) is 3.10. The first kappa shape index (κ1) is 20.8. The highest BCUT2D eigenvalue weighted by atomic mass is 16.5. The third-order valence-electron chi connectivity index (χ3n) is 6.09. The predicted octanol–water partition coefficient (Wildman–Crippen LogP) is 2.55. The molecule has 2 aliphatic rings. The zero-order chi connectivity index (χ0) is 21.8. The van der Waals surface area contributed by atoms with Crippen LogP contribution >= 0.6 is 0 Å². The molecule has 2 N–H and O–H groups in total. The molecule has 0 unspecified atom stereocenters. The first-order valence-corrected chi connectivity index (χ1v) is 11.2. The monoisotopic (exact) mass is 436 g/mol. The summed E-state index contributed by atoms with van der Waals surface area (Å²) in [5, 5.41) is 12.6. The van der Waals surface area contributed by atoms with E-state index in [0.717, 1.165) is 80.3 Å². The summed E-state index contributed by atoms with van der Waals surface area (Å²) in [4.78, 5) is 19.9. The van der Waals surface area contributed by atoms with Gasteiger partial charge in [-0.05, 0) is 31.7 Å². The summed E-state index contributed by atoms with van der Waals surface area (Å²) in [6.07, 6.45) is 10.7. The number of nitrogens with zero attached hydrogens (tertiary/aromatic N) is 5. The Balaban J connectivity index is 1.25. The zero-order valence-electron chi connectivity index (χ0n) is 18.0. The molecule has 1 saturated heterocycles. The molecule has 32 heavy (non-hydrogen) atoms. The van der Waals surface area contributed by atoms with E-state index in [1.165, 1.54) is 0 Å². The second-order valence-electron chi connectivity index (χ2n) is 8.25. The molecular formula is C23H28N6O3. The van der Waals surface area contributed by atoms with Crippen LogP contribution in [-0.4, -0.2) is 63.5 Å². The van der Waals surface area contributed by atoms with Gasteiger partial charge in [0, 0.05) is 43.3 Å². The molecule has 9 nitrogen and oxygen atoms in total. The SMILES string of the molecule is OCc1cnc(NC2CCC(Oc3cc(N4CCOCC4)cc4nccnc34)CC2)cn1. The van der Waals surface area contributed by atoms with Crippen molar-refractivity contribution in [3.63, 3.8) is 0 Å². The summed E-state index contributed by atoms with van der Waals surface area (Å²) in [5.41, 5.74) is 3.34. The van der Waals surface area contributed by atoms with Gasteiger partial charge in [-0.15, -0.1) is 0 Å². The maximum Gasteiger partial charge on any atom is 0.149 e. The molecule has 5 rings (SSSR count). The number of morpholine rings is 1. The molecule has 0 radical (unpaired) electrons. The number of ether oxygens (including phenoxy) is 2. The van der Waals surface area contributed by atoms with Gasteiger partial charge in [-0.1, -0.05) is 0 Å². The van der Waals surface area contributed by atoms with Gasteiger partial charge < -0.3 is 24.8 Å². The van der Waals surface area contributed by atoms with E-state index in [4.69, 9.17) is 14.6 Å². The fourth-order valence-electron chi connectivity index (χ4n) is 4.35. The van der Waals surface area contributed by atoms with Crippen LogP contribution in [-0.2, 0) is 11.3 Å². The molecule has 3 heterocycles. The Labute approximate surface area is 186 Å². The van der Waals surface area contributed by atoms with E-state index < -0.39 is 0 Å². The zero-order valence-corrected chi connectivity index (χ0v) is 18.0. The van der Waals surface area contributed by atoms with Gasteiger partial charge in [0.15, 0.2) is 0 Å². The second-order valence-corrected chi connectivity index (χ2v) is 8.25. The minimum Gasteiger partial charge on any atom is -0.488 e. The number of fused-ring (bicyclic) bond motifs is 1. The maximum atomic E-state index is 9.10. The van der Waals surface area contributed by atoms with Gasteiger partial charge in [-0.2, -0.15) is 0 Å². The van der Waals surface area contributed by atoms with Gasteiger partial charge >= 0.3 is 0 Å². The Morgan fingerprint density at radius 1 is 1.00 bits per heavy atom. The lowest BCUT2D eigenvalue weighted by Gasteiger charge is -2.31. The molecule has 0 atom stereocenters. The van der Waals surface area contributed by atoms with Gasteiger partial charge in [0.2, 0.25) is 0 Å². The van der Waals surface area contributed by atoms with Crippen molar-refractivity contribution in [3.05, 3.63) is 42.6 Å².